The molecule has 0 unspecified atom stereocenters. The molecule has 4 aromatic heterocycles. The van der Waals surface area contributed by atoms with Crippen LogP contribution < -0.4 is 10.7 Å². The molecule has 0 aliphatic rings. The van der Waals surface area contributed by atoms with E-state index in [1.807, 2.05) is 0 Å². The van der Waals surface area contributed by atoms with Gasteiger partial charge in [-0.25, -0.2) is 32.3 Å². The number of rotatable bonds is 8. The molecule has 192 valence electrons. The van der Waals surface area contributed by atoms with Gasteiger partial charge in [-0.15, -0.1) is 0 Å². The fraction of sp³-hybridized carbons (Fsp3) is 0.240. The molecule has 37 heavy (non-hydrogen) atoms. The van der Waals surface area contributed by atoms with Crippen molar-refractivity contribution in [3.63, 3.8) is 0 Å². The van der Waals surface area contributed by atoms with E-state index in [0.717, 1.165) is 0 Å². The molecule has 0 amide bonds. The van der Waals surface area contributed by atoms with Crippen LogP contribution in [-0.4, -0.2) is 38.3 Å². The molecule has 0 spiro atoms. The van der Waals surface area contributed by atoms with E-state index < -0.39 is 23.4 Å². The molecule has 9 nitrogen and oxygen atoms in total. The Hall–Kier alpha value is -3.90. The lowest BCUT2D eigenvalue weighted by Gasteiger charge is -2.12. The molecule has 4 heterocycles. The second kappa shape index (κ2) is 9.52. The van der Waals surface area contributed by atoms with E-state index >= 15 is 0 Å². The Labute approximate surface area is 210 Å². The number of nitrogens with one attached hydrogen (secondary N) is 1. The Balaban J connectivity index is 1.69. The van der Waals surface area contributed by atoms with Gasteiger partial charge in [0.2, 0.25) is 10.0 Å². The summed E-state index contributed by atoms with van der Waals surface area (Å²) in [6.07, 6.45) is 5.00. The summed E-state index contributed by atoms with van der Waals surface area (Å²) in [7, 11) is -2.11. The number of aryl methyl sites for hydroxylation is 2. The van der Waals surface area contributed by atoms with Crippen molar-refractivity contribution < 1.29 is 17.2 Å². The number of nitrogens with zero attached hydrogens (tertiary/aromatic N) is 4. The Morgan fingerprint density at radius 3 is 2.62 bits per heavy atom. The minimum absolute atomic E-state index is 0.102. The number of alkyl halides is 2. The van der Waals surface area contributed by atoms with Crippen molar-refractivity contribution >= 4 is 32.1 Å². The number of hydrogen-bond acceptors (Lipinski definition) is 5. The summed E-state index contributed by atoms with van der Waals surface area (Å²) in [5.41, 5.74) is 4.37. The normalized spacial score (nSPS) is 12.1. The van der Waals surface area contributed by atoms with Crippen LogP contribution in [0.1, 0.15) is 22.3 Å². The fourth-order valence-corrected chi connectivity index (χ4v) is 5.00. The summed E-state index contributed by atoms with van der Waals surface area (Å²) in [6, 6.07) is 8.31. The second-order valence-corrected chi connectivity index (χ2v) is 10.7. The van der Waals surface area contributed by atoms with Crippen molar-refractivity contribution in [1.29, 1.82) is 0 Å². The molecule has 0 aliphatic heterocycles. The van der Waals surface area contributed by atoms with Crippen molar-refractivity contribution in [2.24, 2.45) is 12.2 Å². The van der Waals surface area contributed by atoms with E-state index in [-0.39, 0.29) is 24.3 Å². The van der Waals surface area contributed by atoms with E-state index in [1.165, 1.54) is 10.6 Å². The summed E-state index contributed by atoms with van der Waals surface area (Å²) in [6.45, 7) is -1.22. The highest BCUT2D eigenvalue weighted by atomic mass is 32.2. The number of H-pyrrole nitrogens is 1. The monoisotopic (exact) mass is 526 g/mol. The Morgan fingerprint density at radius 2 is 1.89 bits per heavy atom. The number of nitrogens with two attached hydrogens (primary N) is 1. The molecule has 0 fully saturated rings. The van der Waals surface area contributed by atoms with Crippen LogP contribution in [0, 0.1) is 0 Å². The van der Waals surface area contributed by atoms with Crippen LogP contribution in [0.15, 0.2) is 53.8 Å². The first-order valence-corrected chi connectivity index (χ1v) is 13.1. The lowest BCUT2D eigenvalue weighted by Crippen LogP contribution is -2.18. The number of sulfonamides is 1. The number of halogens is 2. The predicted molar refractivity (Wildman–Crippen MR) is 137 cm³/mol. The maximum Gasteiger partial charge on any atom is 0.274 e. The second-order valence-electron chi connectivity index (χ2n) is 8.92. The van der Waals surface area contributed by atoms with Gasteiger partial charge in [-0.05, 0) is 40.8 Å². The van der Waals surface area contributed by atoms with Crippen LogP contribution in [0.2, 0.25) is 0 Å². The highest BCUT2D eigenvalue weighted by molar-refractivity contribution is 7.89. The van der Waals surface area contributed by atoms with Crippen molar-refractivity contribution in [3.8, 4) is 11.3 Å². The van der Waals surface area contributed by atoms with Crippen LogP contribution in [-0.2, 0) is 43.4 Å². The summed E-state index contributed by atoms with van der Waals surface area (Å²) < 4.78 is 53.4. The lowest BCUT2D eigenvalue weighted by molar-refractivity contribution is 0.472. The smallest absolute Gasteiger partial charge is 0.274 e. The van der Waals surface area contributed by atoms with Crippen molar-refractivity contribution in [2.75, 3.05) is 5.75 Å². The van der Waals surface area contributed by atoms with Crippen LogP contribution >= 0.6 is 0 Å². The van der Waals surface area contributed by atoms with Gasteiger partial charge in [0, 0.05) is 30.4 Å². The largest absolute Gasteiger partial charge is 0.357 e. The molecule has 0 saturated heterocycles. The minimum Gasteiger partial charge on any atom is -0.357 e. The number of benzene rings is 1. The molecule has 0 aliphatic carbocycles. The van der Waals surface area contributed by atoms with Gasteiger partial charge in [-0.2, -0.15) is 0 Å². The van der Waals surface area contributed by atoms with E-state index in [0.29, 0.717) is 55.6 Å². The lowest BCUT2D eigenvalue weighted by atomic mass is 10.0. The first kappa shape index (κ1) is 24.8. The molecule has 12 heteroatoms. The van der Waals surface area contributed by atoms with Crippen LogP contribution in [0.25, 0.3) is 33.3 Å². The van der Waals surface area contributed by atoms with E-state index in [1.54, 1.807) is 54.6 Å². The SMILES string of the molecule is Cn1cc(-c2cc(CCS(N)(=O)=O)c3ncn(Cc4ccc(CF)cc4CF)c3n2)c2cc[nH]c2c1=O. The average molecular weight is 527 g/mol. The topological polar surface area (TPSA) is 129 Å². The first-order valence-electron chi connectivity index (χ1n) is 11.4. The van der Waals surface area contributed by atoms with E-state index in [2.05, 4.69) is 9.97 Å². The van der Waals surface area contributed by atoms with Gasteiger partial charge in [0.05, 0.1) is 24.3 Å². The molecular formula is C25H24F2N6O3S. The number of aromatic nitrogens is 5. The third kappa shape index (κ3) is 4.77. The fourth-order valence-electron chi connectivity index (χ4n) is 4.49. The number of aromatic amines is 1. The maximum absolute atomic E-state index is 13.7. The Bertz CT molecular complexity index is 1810. The molecule has 5 rings (SSSR count). The molecule has 0 atom stereocenters. The van der Waals surface area contributed by atoms with Crippen molar-refractivity contribution in [3.05, 3.63) is 81.7 Å². The van der Waals surface area contributed by atoms with Crippen LogP contribution in [0.4, 0.5) is 8.78 Å². The zero-order chi connectivity index (χ0) is 26.3. The highest BCUT2D eigenvalue weighted by Crippen LogP contribution is 2.29. The number of fused-ring (bicyclic) bond motifs is 2. The van der Waals surface area contributed by atoms with Gasteiger partial charge in [-0.3, -0.25) is 4.79 Å². The van der Waals surface area contributed by atoms with Gasteiger partial charge in [0.1, 0.15) is 24.4 Å². The predicted octanol–water partition coefficient (Wildman–Crippen LogP) is 3.10. The molecule has 3 N–H and O–H groups in total. The minimum atomic E-state index is -3.74. The van der Waals surface area contributed by atoms with Crippen molar-refractivity contribution in [1.82, 2.24) is 24.1 Å². The highest BCUT2D eigenvalue weighted by Gasteiger charge is 2.18. The van der Waals surface area contributed by atoms with Gasteiger partial charge >= 0.3 is 0 Å². The number of imidazole rings is 1. The summed E-state index contributed by atoms with van der Waals surface area (Å²) in [5.74, 6) is -0.290. The molecule has 1 aromatic carbocycles. The average Bonchev–Trinajstić information content (AvgIpc) is 3.52. The molecule has 0 radical (unpaired) electrons. The number of hydrogen-bond donors (Lipinski definition) is 2. The van der Waals surface area contributed by atoms with Gasteiger partial charge < -0.3 is 14.1 Å². The van der Waals surface area contributed by atoms with E-state index in [9.17, 15) is 22.0 Å². The van der Waals surface area contributed by atoms with Crippen molar-refractivity contribution in [2.45, 2.75) is 26.3 Å². The Kier molecular flexibility index (Phi) is 6.38. The zero-order valence-electron chi connectivity index (χ0n) is 19.9. The third-order valence-corrected chi connectivity index (χ3v) is 7.16. The van der Waals surface area contributed by atoms with Gasteiger partial charge in [0.15, 0.2) is 5.65 Å². The Morgan fingerprint density at radius 1 is 1.08 bits per heavy atom. The van der Waals surface area contributed by atoms with Crippen LogP contribution in [0.3, 0.4) is 0 Å². The summed E-state index contributed by atoms with van der Waals surface area (Å²) >= 11 is 0. The van der Waals surface area contributed by atoms with E-state index in [4.69, 9.17) is 10.1 Å². The standard InChI is InChI=1S/C25H24F2N6O3S/c1-32-13-20(19-4-6-29-23(19)25(32)34)21-9-16(5-7-37(28,35)36)22-24(31-21)33(14-30-22)12-17-3-2-15(10-26)8-18(17)11-27/h2-4,6,8-9,13-14,29H,5,7,10-12H2,1H3,(H2,28,35,36). The first-order chi connectivity index (χ1) is 17.7. The maximum atomic E-state index is 13.7. The molecule has 0 bridgehead atoms. The molecule has 5 aromatic rings. The van der Waals surface area contributed by atoms with Crippen LogP contribution in [0.5, 0.6) is 0 Å². The number of pyridine rings is 2. The van der Waals surface area contributed by atoms with Gasteiger partial charge in [0.25, 0.3) is 5.56 Å². The number of primary sulfonamides is 1. The summed E-state index contributed by atoms with van der Waals surface area (Å²) in [5, 5.41) is 5.93. The zero-order valence-corrected chi connectivity index (χ0v) is 20.7. The molecular weight excluding hydrogens is 502 g/mol. The quantitative estimate of drug-likeness (QED) is 0.321. The third-order valence-electron chi connectivity index (χ3n) is 6.39. The van der Waals surface area contributed by atoms with Gasteiger partial charge in [-0.1, -0.05) is 18.2 Å². The molecule has 0 saturated carbocycles. The summed E-state index contributed by atoms with van der Waals surface area (Å²) in [4.78, 5) is 24.8.